The monoisotopic (exact) mass is 640 g/mol. The Morgan fingerprint density at radius 1 is 0.826 bits per heavy atom. The Bertz CT molecular complexity index is 1980. The predicted molar refractivity (Wildman–Crippen MR) is 174 cm³/mol. The van der Waals surface area contributed by atoms with E-state index in [1.54, 1.807) is 13.8 Å². The fourth-order valence-corrected chi connectivity index (χ4v) is 9.27. The Hall–Kier alpha value is -3.53. The first-order valence-corrected chi connectivity index (χ1v) is 19.5. The summed E-state index contributed by atoms with van der Waals surface area (Å²) in [7, 11) is -2.20. The third-order valence-electron chi connectivity index (χ3n) is 11.3. The molecule has 5 aliphatic rings. The van der Waals surface area contributed by atoms with Gasteiger partial charge in [-0.15, -0.1) is 0 Å². The van der Waals surface area contributed by atoms with Crippen molar-refractivity contribution < 1.29 is 37.8 Å². The van der Waals surface area contributed by atoms with Gasteiger partial charge in [-0.1, -0.05) is 20.8 Å². The minimum Gasteiger partial charge on any atom is -0.463 e. The molecule has 0 spiro atoms. The quantitative estimate of drug-likeness (QED) is 0.119. The van der Waals surface area contributed by atoms with E-state index >= 15 is 0 Å². The number of esters is 3. The van der Waals surface area contributed by atoms with Crippen LogP contribution in [0.5, 0.6) is 0 Å². The fourth-order valence-electron chi connectivity index (χ4n) is 8.33. The number of carbonyl (C=O) groups excluding carboxylic acids is 3. The van der Waals surface area contributed by atoms with E-state index in [0.717, 1.165) is 47.9 Å². The molecule has 0 amide bonds. The molecule has 0 saturated carbocycles. The van der Waals surface area contributed by atoms with Crippen molar-refractivity contribution >= 4 is 47.8 Å². The van der Waals surface area contributed by atoms with Crippen LogP contribution in [0.2, 0.25) is 18.1 Å². The Morgan fingerprint density at radius 3 is 2.07 bits per heavy atom. The molecule has 0 saturated heterocycles. The van der Waals surface area contributed by atoms with Gasteiger partial charge in [0, 0.05) is 5.56 Å². The molecule has 0 N–H and O–H groups in total. The van der Waals surface area contributed by atoms with E-state index in [1.807, 2.05) is 0 Å². The smallest absolute Gasteiger partial charge is 0.338 e. The van der Waals surface area contributed by atoms with Gasteiger partial charge >= 0.3 is 17.9 Å². The summed E-state index contributed by atoms with van der Waals surface area (Å²) in [5.41, 5.74) is 10.1. The summed E-state index contributed by atoms with van der Waals surface area (Å²) in [6.07, 6.45) is 1.84. The molecule has 3 aliphatic heterocycles. The Morgan fingerprint density at radius 2 is 1.41 bits per heavy atom. The summed E-state index contributed by atoms with van der Waals surface area (Å²) in [5, 5.41) is 4.82. The van der Waals surface area contributed by atoms with Crippen LogP contribution in [0.15, 0.2) is 17.2 Å². The predicted octanol–water partition coefficient (Wildman–Crippen LogP) is 6.93. The molecule has 2 aliphatic carbocycles. The summed E-state index contributed by atoms with van der Waals surface area (Å²) in [5.74, 6) is -1.32. The first-order valence-electron chi connectivity index (χ1n) is 16.6. The maximum absolute atomic E-state index is 13.6. The van der Waals surface area contributed by atoms with Gasteiger partial charge in [0.15, 0.2) is 8.32 Å². The maximum atomic E-state index is 13.6. The number of cyclic esters (lactones) is 1. The fraction of sp³-hybridized carbons (Fsp3) is 0.486. The number of hydrogen-bond acceptors (Lipinski definition) is 8. The van der Waals surface area contributed by atoms with E-state index < -0.39 is 32.5 Å². The van der Waals surface area contributed by atoms with Gasteiger partial charge in [0.1, 0.15) is 18.8 Å². The average molecular weight is 641 g/mol. The zero-order chi connectivity index (χ0) is 32.4. The van der Waals surface area contributed by atoms with Crippen LogP contribution in [-0.4, -0.2) is 39.4 Å². The lowest BCUT2D eigenvalue weighted by molar-refractivity contribution is -0.142. The molecule has 3 aromatic carbocycles. The summed E-state index contributed by atoms with van der Waals surface area (Å²) in [4.78, 5) is 39.8. The van der Waals surface area contributed by atoms with Gasteiger partial charge in [-0.25, -0.2) is 14.4 Å². The largest absolute Gasteiger partial charge is 0.463 e. The van der Waals surface area contributed by atoms with E-state index in [-0.39, 0.29) is 42.0 Å². The minimum absolute atomic E-state index is 0.00262. The average Bonchev–Trinajstić information content (AvgIpc) is 3.82. The molecule has 2 atom stereocenters. The van der Waals surface area contributed by atoms with Crippen molar-refractivity contribution in [1.82, 2.24) is 0 Å². The standard InChI is InChI=1S/C37H40O8Si/c1-8-41-35(39)30-31(36(40)42-9-2)33-29-23(16-44-46(6,7)37(3,4)5)27-18-11-10-17-14-21-22(15-43-34(21)38)26(24(17)18)19-12-13-20(25(19)27)28(29)32(30)45-33/h14,32-33H,8-13,15-16H2,1-7H3/t32-,33+/m0/s1. The SMILES string of the molecule is CCOC(=O)C1=C(C(=O)OCC)[C@@H]2O[C@H]1c1c2c(CO[Si](C)(C)C(C)(C)C)c2c3c4c(cc5c(c4c4c2c1CC4)COC5=O)CC3. The maximum Gasteiger partial charge on any atom is 0.338 e. The van der Waals surface area contributed by atoms with E-state index in [1.165, 1.54) is 43.8 Å². The lowest BCUT2D eigenvalue weighted by atomic mass is 9.77. The molecule has 9 heteroatoms. The number of fused-ring (bicyclic) bond motifs is 10. The van der Waals surface area contributed by atoms with Crippen LogP contribution >= 0.6 is 0 Å². The molecule has 8 nitrogen and oxygen atoms in total. The van der Waals surface area contributed by atoms with Crippen molar-refractivity contribution in [3.63, 3.8) is 0 Å². The second-order valence-corrected chi connectivity index (χ2v) is 19.4. The number of benzene rings is 3. The molecule has 3 aromatic rings. The van der Waals surface area contributed by atoms with Gasteiger partial charge < -0.3 is 23.4 Å². The molecule has 0 aromatic heterocycles. The van der Waals surface area contributed by atoms with E-state index in [9.17, 15) is 14.4 Å². The van der Waals surface area contributed by atoms with Crippen LogP contribution in [0.25, 0.3) is 21.5 Å². The molecule has 8 rings (SSSR count). The second kappa shape index (κ2) is 9.98. The summed E-state index contributed by atoms with van der Waals surface area (Å²) < 4.78 is 30.2. The molecule has 3 heterocycles. The molecule has 0 unspecified atom stereocenters. The van der Waals surface area contributed by atoms with Crippen LogP contribution in [0, 0.1) is 0 Å². The van der Waals surface area contributed by atoms with Crippen LogP contribution < -0.4 is 0 Å². The zero-order valence-corrected chi connectivity index (χ0v) is 28.7. The second-order valence-electron chi connectivity index (χ2n) is 14.6. The van der Waals surface area contributed by atoms with Crippen molar-refractivity contribution in [3.05, 3.63) is 67.3 Å². The highest BCUT2D eigenvalue weighted by molar-refractivity contribution is 6.74. The molecular formula is C37H40O8Si. The van der Waals surface area contributed by atoms with Crippen molar-refractivity contribution in [2.75, 3.05) is 13.2 Å². The van der Waals surface area contributed by atoms with Gasteiger partial charge in [-0.05, 0) is 124 Å². The lowest BCUT2D eigenvalue weighted by Gasteiger charge is -2.37. The van der Waals surface area contributed by atoms with E-state index in [0.29, 0.717) is 12.2 Å². The third-order valence-corrected chi connectivity index (χ3v) is 15.8. The first-order chi connectivity index (χ1) is 21.9. The number of carbonyl (C=O) groups is 3. The van der Waals surface area contributed by atoms with Gasteiger partial charge in [-0.2, -0.15) is 0 Å². The Balaban J connectivity index is 1.46. The highest BCUT2D eigenvalue weighted by Gasteiger charge is 2.54. The van der Waals surface area contributed by atoms with Crippen LogP contribution in [0.3, 0.4) is 0 Å². The molecule has 2 bridgehead atoms. The van der Waals surface area contributed by atoms with Crippen molar-refractivity contribution in [2.24, 2.45) is 0 Å². The normalized spacial score (nSPS) is 20.6. The minimum atomic E-state index is -2.20. The van der Waals surface area contributed by atoms with Crippen LogP contribution in [0.1, 0.15) is 102 Å². The van der Waals surface area contributed by atoms with Gasteiger partial charge in [0.05, 0.1) is 36.5 Å². The van der Waals surface area contributed by atoms with Gasteiger partial charge in [0.25, 0.3) is 0 Å². The van der Waals surface area contributed by atoms with Crippen LogP contribution in [-0.2, 0) is 71.9 Å². The topological polar surface area (TPSA) is 97.4 Å². The number of aryl methyl sites for hydroxylation is 4. The number of rotatable bonds is 7. The summed E-state index contributed by atoms with van der Waals surface area (Å²) >= 11 is 0. The van der Waals surface area contributed by atoms with Crippen molar-refractivity contribution in [2.45, 2.75) is 104 Å². The van der Waals surface area contributed by atoms with Crippen LogP contribution in [0.4, 0.5) is 0 Å². The summed E-state index contributed by atoms with van der Waals surface area (Å²) in [6.45, 7) is 15.8. The van der Waals surface area contributed by atoms with E-state index in [4.69, 9.17) is 23.4 Å². The highest BCUT2D eigenvalue weighted by Crippen LogP contribution is 2.61. The van der Waals surface area contributed by atoms with Crippen molar-refractivity contribution in [3.8, 4) is 0 Å². The van der Waals surface area contributed by atoms with Gasteiger partial charge in [-0.3, -0.25) is 0 Å². The summed E-state index contributed by atoms with van der Waals surface area (Å²) in [6, 6.07) is 2.05. The Labute approximate surface area is 269 Å². The molecular weight excluding hydrogens is 600 g/mol. The lowest BCUT2D eigenvalue weighted by Crippen LogP contribution is -2.40. The Kier molecular flexibility index (Phi) is 6.48. The highest BCUT2D eigenvalue weighted by atomic mass is 28.4. The molecule has 240 valence electrons. The first kappa shape index (κ1) is 29.8. The van der Waals surface area contributed by atoms with E-state index in [2.05, 4.69) is 39.9 Å². The molecule has 0 fully saturated rings. The number of hydrogen-bond donors (Lipinski definition) is 0. The zero-order valence-electron chi connectivity index (χ0n) is 27.7. The van der Waals surface area contributed by atoms with Crippen molar-refractivity contribution in [1.29, 1.82) is 0 Å². The third kappa shape index (κ3) is 3.82. The molecule has 46 heavy (non-hydrogen) atoms. The number of ether oxygens (including phenoxy) is 4. The van der Waals surface area contributed by atoms with Gasteiger partial charge in [0.2, 0.25) is 0 Å². The molecule has 0 radical (unpaired) electrons.